The molecule has 0 saturated carbocycles. The normalized spacial score (nSPS) is 11.3. The first kappa shape index (κ1) is 17.8. The zero-order valence-electron chi connectivity index (χ0n) is 12.5. The van der Waals surface area contributed by atoms with Gasteiger partial charge >= 0.3 is 0 Å². The number of hydrogen-bond acceptors (Lipinski definition) is 4. The monoisotopic (exact) mass is 261 g/mol. The summed E-state index contributed by atoms with van der Waals surface area (Å²) in [5.74, 6) is 0. The fraction of sp³-hybridized carbons (Fsp3) is 1.00. The Bertz CT molecular complexity index is 156. The molecule has 0 aliphatic rings. The van der Waals surface area contributed by atoms with Crippen molar-refractivity contribution in [2.45, 2.75) is 33.1 Å². The van der Waals surface area contributed by atoms with Gasteiger partial charge in [-0.25, -0.2) is 0 Å². The summed E-state index contributed by atoms with van der Waals surface area (Å²) in [4.78, 5) is 2.31. The molecule has 0 saturated heterocycles. The Kier molecular flexibility index (Phi) is 14.8. The predicted molar refractivity (Wildman–Crippen MR) is 75.2 cm³/mol. The van der Waals surface area contributed by atoms with E-state index in [0.29, 0.717) is 26.4 Å². The summed E-state index contributed by atoms with van der Waals surface area (Å²) in [7, 11) is 2.14. The van der Waals surface area contributed by atoms with Crippen molar-refractivity contribution in [2.24, 2.45) is 0 Å². The number of nitrogens with zero attached hydrogens (tertiary/aromatic N) is 1. The molecule has 4 heteroatoms. The van der Waals surface area contributed by atoms with E-state index in [1.807, 2.05) is 0 Å². The molecular weight excluding hydrogens is 230 g/mol. The van der Waals surface area contributed by atoms with Crippen LogP contribution >= 0.6 is 0 Å². The third-order valence-corrected chi connectivity index (χ3v) is 2.60. The zero-order chi connectivity index (χ0) is 13.5. The van der Waals surface area contributed by atoms with Gasteiger partial charge in [0.2, 0.25) is 0 Å². The van der Waals surface area contributed by atoms with E-state index in [2.05, 4.69) is 25.8 Å². The highest BCUT2D eigenvalue weighted by Crippen LogP contribution is 1.91. The Hall–Kier alpha value is -0.160. The molecule has 0 heterocycles. The highest BCUT2D eigenvalue weighted by atomic mass is 16.5. The molecule has 0 bridgehead atoms. The van der Waals surface area contributed by atoms with Gasteiger partial charge < -0.3 is 19.1 Å². The van der Waals surface area contributed by atoms with Gasteiger partial charge in [-0.15, -0.1) is 0 Å². The van der Waals surface area contributed by atoms with Gasteiger partial charge in [0, 0.05) is 13.2 Å². The topological polar surface area (TPSA) is 30.9 Å². The van der Waals surface area contributed by atoms with Crippen LogP contribution in [0, 0.1) is 0 Å². The lowest BCUT2D eigenvalue weighted by molar-refractivity contribution is 0.0117. The SMILES string of the molecule is CCCCN(C)CCOCCOCCOCCC. The van der Waals surface area contributed by atoms with Crippen LogP contribution < -0.4 is 0 Å². The van der Waals surface area contributed by atoms with E-state index < -0.39 is 0 Å². The quantitative estimate of drug-likeness (QED) is 0.448. The molecule has 0 aliphatic heterocycles. The fourth-order valence-electron chi connectivity index (χ4n) is 1.45. The predicted octanol–water partition coefficient (Wildman–Crippen LogP) is 2.18. The standard InChI is InChI=1S/C14H31NO3/c1-4-6-7-15(3)8-10-17-12-14-18-13-11-16-9-5-2/h4-14H2,1-3H3. The molecule has 110 valence electrons. The van der Waals surface area contributed by atoms with Crippen LogP contribution in [0.25, 0.3) is 0 Å². The van der Waals surface area contributed by atoms with E-state index in [1.165, 1.54) is 12.8 Å². The number of likely N-dealkylation sites (N-methyl/N-ethyl adjacent to an activating group) is 1. The molecule has 18 heavy (non-hydrogen) atoms. The van der Waals surface area contributed by atoms with Gasteiger partial charge in [0.25, 0.3) is 0 Å². The van der Waals surface area contributed by atoms with Gasteiger partial charge in [0.1, 0.15) is 0 Å². The van der Waals surface area contributed by atoms with Crippen molar-refractivity contribution in [1.29, 1.82) is 0 Å². The summed E-state index contributed by atoms with van der Waals surface area (Å²) in [5.41, 5.74) is 0. The highest BCUT2D eigenvalue weighted by molar-refractivity contribution is 4.49. The van der Waals surface area contributed by atoms with Gasteiger partial charge in [0.05, 0.1) is 33.0 Å². The lowest BCUT2D eigenvalue weighted by Gasteiger charge is -2.15. The molecule has 0 atom stereocenters. The Morgan fingerprint density at radius 2 is 1.22 bits per heavy atom. The average molecular weight is 261 g/mol. The lowest BCUT2D eigenvalue weighted by atomic mass is 10.3. The summed E-state index contributed by atoms with van der Waals surface area (Å²) in [6, 6.07) is 0. The molecular formula is C14H31NO3. The summed E-state index contributed by atoms with van der Waals surface area (Å²) in [6.45, 7) is 10.8. The summed E-state index contributed by atoms with van der Waals surface area (Å²) in [5, 5.41) is 0. The molecule has 0 amide bonds. The van der Waals surface area contributed by atoms with Crippen molar-refractivity contribution in [2.75, 3.05) is 59.8 Å². The third kappa shape index (κ3) is 13.9. The maximum atomic E-state index is 5.50. The molecule has 0 fully saturated rings. The first-order valence-electron chi connectivity index (χ1n) is 7.23. The largest absolute Gasteiger partial charge is 0.379 e. The van der Waals surface area contributed by atoms with Crippen molar-refractivity contribution in [3.05, 3.63) is 0 Å². The van der Waals surface area contributed by atoms with Crippen LogP contribution in [0.15, 0.2) is 0 Å². The van der Waals surface area contributed by atoms with Gasteiger partial charge in [-0.3, -0.25) is 0 Å². The Morgan fingerprint density at radius 1 is 0.667 bits per heavy atom. The smallest absolute Gasteiger partial charge is 0.0701 e. The van der Waals surface area contributed by atoms with Crippen LogP contribution in [0.4, 0.5) is 0 Å². The second kappa shape index (κ2) is 14.9. The van der Waals surface area contributed by atoms with Crippen molar-refractivity contribution < 1.29 is 14.2 Å². The first-order chi connectivity index (χ1) is 8.81. The summed E-state index contributed by atoms with van der Waals surface area (Å²) < 4.78 is 16.2. The zero-order valence-corrected chi connectivity index (χ0v) is 12.5. The second-order valence-electron chi connectivity index (χ2n) is 4.49. The maximum absolute atomic E-state index is 5.50. The van der Waals surface area contributed by atoms with Gasteiger partial charge in [-0.1, -0.05) is 20.3 Å². The Balaban J connectivity index is 3.02. The van der Waals surface area contributed by atoms with Crippen LogP contribution in [0.5, 0.6) is 0 Å². The average Bonchev–Trinajstić information content (AvgIpc) is 2.38. The highest BCUT2D eigenvalue weighted by Gasteiger charge is 1.97. The maximum Gasteiger partial charge on any atom is 0.0701 e. The lowest BCUT2D eigenvalue weighted by Crippen LogP contribution is -2.24. The van der Waals surface area contributed by atoms with E-state index in [4.69, 9.17) is 14.2 Å². The minimum Gasteiger partial charge on any atom is -0.379 e. The summed E-state index contributed by atoms with van der Waals surface area (Å²) in [6.07, 6.45) is 3.57. The fourth-order valence-corrected chi connectivity index (χ4v) is 1.45. The molecule has 0 aromatic carbocycles. The van der Waals surface area contributed by atoms with E-state index in [0.717, 1.165) is 32.7 Å². The Labute approximate surface area is 113 Å². The minimum atomic E-state index is 0.661. The molecule has 0 unspecified atom stereocenters. The molecule has 0 aromatic rings. The number of unbranched alkanes of at least 4 members (excludes halogenated alkanes) is 1. The second-order valence-corrected chi connectivity index (χ2v) is 4.49. The van der Waals surface area contributed by atoms with Gasteiger partial charge in [-0.2, -0.15) is 0 Å². The van der Waals surface area contributed by atoms with Crippen molar-refractivity contribution >= 4 is 0 Å². The molecule has 0 aliphatic carbocycles. The Morgan fingerprint density at radius 3 is 1.78 bits per heavy atom. The van der Waals surface area contributed by atoms with Crippen LogP contribution in [-0.2, 0) is 14.2 Å². The van der Waals surface area contributed by atoms with Crippen LogP contribution in [0.1, 0.15) is 33.1 Å². The molecule has 0 rings (SSSR count). The van der Waals surface area contributed by atoms with Crippen LogP contribution in [0.2, 0.25) is 0 Å². The number of hydrogen-bond donors (Lipinski definition) is 0. The van der Waals surface area contributed by atoms with Crippen molar-refractivity contribution in [3.8, 4) is 0 Å². The van der Waals surface area contributed by atoms with Crippen LogP contribution in [-0.4, -0.2) is 64.7 Å². The molecule has 0 spiro atoms. The van der Waals surface area contributed by atoms with Crippen molar-refractivity contribution in [3.63, 3.8) is 0 Å². The molecule has 0 N–H and O–H groups in total. The van der Waals surface area contributed by atoms with Crippen LogP contribution in [0.3, 0.4) is 0 Å². The molecule has 0 radical (unpaired) electrons. The first-order valence-corrected chi connectivity index (χ1v) is 7.23. The van der Waals surface area contributed by atoms with Gasteiger partial charge in [-0.05, 0) is 26.4 Å². The molecule has 4 nitrogen and oxygen atoms in total. The number of ether oxygens (including phenoxy) is 3. The van der Waals surface area contributed by atoms with Crippen molar-refractivity contribution in [1.82, 2.24) is 4.90 Å². The molecule has 0 aromatic heterocycles. The van der Waals surface area contributed by atoms with E-state index in [9.17, 15) is 0 Å². The number of rotatable bonds is 14. The van der Waals surface area contributed by atoms with E-state index in [1.54, 1.807) is 0 Å². The van der Waals surface area contributed by atoms with E-state index >= 15 is 0 Å². The third-order valence-electron chi connectivity index (χ3n) is 2.60. The van der Waals surface area contributed by atoms with Gasteiger partial charge in [0.15, 0.2) is 0 Å². The van der Waals surface area contributed by atoms with E-state index in [-0.39, 0.29) is 0 Å². The summed E-state index contributed by atoms with van der Waals surface area (Å²) >= 11 is 0. The minimum absolute atomic E-state index is 0.661.